The molecule has 0 spiro atoms. The van der Waals surface area contributed by atoms with Crippen LogP contribution in [0.1, 0.15) is 34.8 Å². The van der Waals surface area contributed by atoms with Gasteiger partial charge in [-0.25, -0.2) is 4.79 Å². The lowest BCUT2D eigenvalue weighted by molar-refractivity contribution is 0.0527. The van der Waals surface area contributed by atoms with Crippen LogP contribution in [0, 0.1) is 11.3 Å². The second-order valence-electron chi connectivity index (χ2n) is 6.13. The molecule has 0 aliphatic carbocycles. The van der Waals surface area contributed by atoms with Crippen molar-refractivity contribution in [1.82, 2.24) is 4.98 Å². The quantitative estimate of drug-likeness (QED) is 0.502. The maximum absolute atomic E-state index is 12.4. The fourth-order valence-corrected chi connectivity index (χ4v) is 2.97. The van der Waals surface area contributed by atoms with Crippen LogP contribution in [-0.4, -0.2) is 24.1 Å². The van der Waals surface area contributed by atoms with Crippen molar-refractivity contribution in [3.8, 4) is 6.07 Å². The van der Waals surface area contributed by atoms with Crippen molar-refractivity contribution in [2.75, 3.05) is 18.5 Å². The number of aryl methyl sites for hydroxylation is 1. The number of benzene rings is 2. The molecule has 0 saturated carbocycles. The van der Waals surface area contributed by atoms with Crippen LogP contribution in [0.15, 0.2) is 54.7 Å². The Morgan fingerprint density at radius 1 is 1.22 bits per heavy atom. The van der Waals surface area contributed by atoms with Gasteiger partial charge in [-0.1, -0.05) is 30.3 Å². The number of pyridine rings is 1. The highest BCUT2D eigenvalue weighted by Gasteiger charge is 2.16. The van der Waals surface area contributed by atoms with Gasteiger partial charge in [-0.15, -0.1) is 0 Å². The smallest absolute Gasteiger partial charge is 0.341 e. The lowest BCUT2D eigenvalue weighted by Crippen LogP contribution is -2.12. The molecule has 0 unspecified atom stereocenters. The van der Waals surface area contributed by atoms with Crippen molar-refractivity contribution in [2.24, 2.45) is 0 Å². The molecule has 3 rings (SSSR count). The first kappa shape index (κ1) is 18.4. The van der Waals surface area contributed by atoms with Gasteiger partial charge in [0.15, 0.2) is 0 Å². The molecular formula is C22H21N3O2. The molecule has 0 atom stereocenters. The van der Waals surface area contributed by atoms with Gasteiger partial charge in [0.1, 0.15) is 5.56 Å². The molecule has 0 bridgehead atoms. The van der Waals surface area contributed by atoms with E-state index in [1.54, 1.807) is 25.1 Å². The summed E-state index contributed by atoms with van der Waals surface area (Å²) in [5.41, 5.74) is 3.59. The van der Waals surface area contributed by atoms with E-state index in [-0.39, 0.29) is 0 Å². The van der Waals surface area contributed by atoms with Crippen LogP contribution < -0.4 is 5.32 Å². The predicted molar refractivity (Wildman–Crippen MR) is 106 cm³/mol. The van der Waals surface area contributed by atoms with E-state index in [4.69, 9.17) is 4.74 Å². The Hall–Kier alpha value is -3.39. The summed E-state index contributed by atoms with van der Waals surface area (Å²) in [6.45, 7) is 2.76. The van der Waals surface area contributed by atoms with E-state index in [1.807, 2.05) is 18.2 Å². The van der Waals surface area contributed by atoms with Gasteiger partial charge in [-0.3, -0.25) is 4.98 Å². The van der Waals surface area contributed by atoms with Gasteiger partial charge < -0.3 is 10.1 Å². The number of fused-ring (bicyclic) bond motifs is 1. The fraction of sp³-hybridized carbons (Fsp3) is 0.227. The Balaban J connectivity index is 1.86. The van der Waals surface area contributed by atoms with E-state index < -0.39 is 5.97 Å². The maximum atomic E-state index is 12.4. The van der Waals surface area contributed by atoms with Crippen LogP contribution in [0.3, 0.4) is 0 Å². The summed E-state index contributed by atoms with van der Waals surface area (Å²) in [5.74, 6) is -0.417. The molecule has 5 nitrogen and oxygen atoms in total. The van der Waals surface area contributed by atoms with Crippen molar-refractivity contribution < 1.29 is 9.53 Å². The predicted octanol–water partition coefficient (Wildman–Crippen LogP) is 4.33. The highest BCUT2D eigenvalue weighted by atomic mass is 16.5. The van der Waals surface area contributed by atoms with E-state index in [2.05, 4.69) is 28.5 Å². The van der Waals surface area contributed by atoms with Crippen LogP contribution in [0.4, 0.5) is 5.69 Å². The number of carbonyl (C=O) groups is 1. The molecule has 0 amide bonds. The number of esters is 1. The number of nitrogens with one attached hydrogen (secondary N) is 1. The molecule has 0 radical (unpaired) electrons. The molecule has 1 heterocycles. The number of carbonyl (C=O) groups excluding carboxylic acids is 1. The first-order valence-electron chi connectivity index (χ1n) is 9.00. The molecule has 0 aliphatic heterocycles. The third kappa shape index (κ3) is 4.42. The monoisotopic (exact) mass is 359 g/mol. The zero-order valence-corrected chi connectivity index (χ0v) is 15.2. The summed E-state index contributed by atoms with van der Waals surface area (Å²) in [6, 6.07) is 17.7. The zero-order valence-electron chi connectivity index (χ0n) is 15.2. The van der Waals surface area contributed by atoms with Crippen molar-refractivity contribution in [3.63, 3.8) is 0 Å². The summed E-state index contributed by atoms with van der Waals surface area (Å²) in [4.78, 5) is 16.7. The molecule has 3 aromatic rings. The average molecular weight is 359 g/mol. The van der Waals surface area contributed by atoms with Crippen LogP contribution in [0.25, 0.3) is 10.9 Å². The Kier molecular flexibility index (Phi) is 6.01. The minimum Gasteiger partial charge on any atom is -0.462 e. The highest BCUT2D eigenvalue weighted by Crippen LogP contribution is 2.27. The Morgan fingerprint density at radius 2 is 2.04 bits per heavy atom. The van der Waals surface area contributed by atoms with Crippen LogP contribution >= 0.6 is 0 Å². The van der Waals surface area contributed by atoms with Crippen LogP contribution in [0.2, 0.25) is 0 Å². The first-order valence-corrected chi connectivity index (χ1v) is 9.00. The topological polar surface area (TPSA) is 75.0 Å². The number of rotatable bonds is 7. The summed E-state index contributed by atoms with van der Waals surface area (Å²) in [6.07, 6.45) is 3.38. The molecule has 5 heteroatoms. The van der Waals surface area contributed by atoms with Crippen molar-refractivity contribution >= 4 is 22.6 Å². The normalized spacial score (nSPS) is 10.4. The van der Waals surface area contributed by atoms with Gasteiger partial charge in [0.25, 0.3) is 0 Å². The second-order valence-corrected chi connectivity index (χ2v) is 6.13. The van der Waals surface area contributed by atoms with Gasteiger partial charge in [-0.2, -0.15) is 5.26 Å². The molecule has 136 valence electrons. The Bertz CT molecular complexity index is 978. The number of nitrogens with zero attached hydrogens (tertiary/aromatic N) is 2. The zero-order chi connectivity index (χ0) is 19.1. The van der Waals surface area contributed by atoms with Gasteiger partial charge in [0, 0.05) is 18.1 Å². The standard InChI is InChI=1S/C22H21N3O2/c1-2-27-22(26)19-15-25-20-11-10-17(14-23)13-18(20)21(19)24-12-6-9-16-7-4-3-5-8-16/h3-5,7-8,10-11,13,15H,2,6,9,12H2,1H3,(H,24,25). The molecule has 0 saturated heterocycles. The van der Waals surface area contributed by atoms with E-state index in [1.165, 1.54) is 11.8 Å². The maximum Gasteiger partial charge on any atom is 0.341 e. The number of hydrogen-bond donors (Lipinski definition) is 1. The number of aromatic nitrogens is 1. The summed E-state index contributed by atoms with van der Waals surface area (Å²) in [5, 5.41) is 13.3. The van der Waals surface area contributed by atoms with Crippen LogP contribution in [0.5, 0.6) is 0 Å². The minimum atomic E-state index is -0.417. The fourth-order valence-electron chi connectivity index (χ4n) is 2.97. The van der Waals surface area contributed by atoms with E-state index in [0.717, 1.165) is 23.7 Å². The summed E-state index contributed by atoms with van der Waals surface area (Å²) >= 11 is 0. The van der Waals surface area contributed by atoms with E-state index in [9.17, 15) is 10.1 Å². The van der Waals surface area contributed by atoms with Crippen molar-refractivity contribution in [1.29, 1.82) is 5.26 Å². The minimum absolute atomic E-state index is 0.294. The summed E-state index contributed by atoms with van der Waals surface area (Å²) < 4.78 is 5.17. The number of nitriles is 1. The molecule has 0 aliphatic rings. The molecular weight excluding hydrogens is 338 g/mol. The SMILES string of the molecule is CCOC(=O)c1cnc2ccc(C#N)cc2c1NCCCc1ccccc1. The third-order valence-corrected chi connectivity index (χ3v) is 4.28. The summed E-state index contributed by atoms with van der Waals surface area (Å²) in [7, 11) is 0. The molecule has 1 N–H and O–H groups in total. The largest absolute Gasteiger partial charge is 0.462 e. The van der Waals surface area contributed by atoms with E-state index >= 15 is 0 Å². The number of anilines is 1. The number of hydrogen-bond acceptors (Lipinski definition) is 5. The lowest BCUT2D eigenvalue weighted by Gasteiger charge is -2.14. The molecule has 27 heavy (non-hydrogen) atoms. The molecule has 0 fully saturated rings. The van der Waals surface area contributed by atoms with Crippen molar-refractivity contribution in [2.45, 2.75) is 19.8 Å². The van der Waals surface area contributed by atoms with Gasteiger partial charge >= 0.3 is 5.97 Å². The highest BCUT2D eigenvalue weighted by molar-refractivity contribution is 6.05. The Labute approximate surface area is 158 Å². The van der Waals surface area contributed by atoms with E-state index in [0.29, 0.717) is 30.0 Å². The van der Waals surface area contributed by atoms with Gasteiger partial charge in [-0.05, 0) is 43.5 Å². The third-order valence-electron chi connectivity index (χ3n) is 4.28. The average Bonchev–Trinajstić information content (AvgIpc) is 2.71. The Morgan fingerprint density at radius 3 is 2.78 bits per heavy atom. The second kappa shape index (κ2) is 8.81. The first-order chi connectivity index (χ1) is 13.2. The van der Waals surface area contributed by atoms with Crippen LogP contribution in [-0.2, 0) is 11.2 Å². The van der Waals surface area contributed by atoms with Gasteiger partial charge in [0.2, 0.25) is 0 Å². The molecule has 1 aromatic heterocycles. The number of ether oxygens (including phenoxy) is 1. The lowest BCUT2D eigenvalue weighted by atomic mass is 10.1. The molecule has 2 aromatic carbocycles. The van der Waals surface area contributed by atoms with Gasteiger partial charge in [0.05, 0.1) is 29.4 Å². The van der Waals surface area contributed by atoms with Crippen molar-refractivity contribution in [3.05, 3.63) is 71.4 Å².